The van der Waals surface area contributed by atoms with Crippen molar-refractivity contribution in [2.45, 2.75) is 19.9 Å². The van der Waals surface area contributed by atoms with Gasteiger partial charge in [0, 0.05) is 11.8 Å². The molecule has 0 amide bonds. The highest BCUT2D eigenvalue weighted by molar-refractivity contribution is 5.82. The van der Waals surface area contributed by atoms with Crippen LogP contribution in [0.15, 0.2) is 30.5 Å². The highest BCUT2D eigenvalue weighted by atomic mass is 19.2. The molecule has 118 valence electrons. The first kappa shape index (κ1) is 15.1. The molecule has 3 aromatic rings. The van der Waals surface area contributed by atoms with Gasteiger partial charge in [-0.05, 0) is 43.7 Å². The number of carboxylic acid groups (broad SMARTS) is 1. The number of aliphatic carboxylic acids is 1. The summed E-state index contributed by atoms with van der Waals surface area (Å²) in [5.74, 6) is -2.84. The van der Waals surface area contributed by atoms with Crippen LogP contribution in [0.2, 0.25) is 0 Å². The lowest BCUT2D eigenvalue weighted by Gasteiger charge is -2.13. The van der Waals surface area contributed by atoms with Crippen molar-refractivity contribution in [1.82, 2.24) is 14.5 Å². The van der Waals surface area contributed by atoms with E-state index in [1.807, 2.05) is 6.92 Å². The van der Waals surface area contributed by atoms with E-state index in [2.05, 4.69) is 9.97 Å². The number of fused-ring (bicyclic) bond motifs is 1. The Bertz CT molecular complexity index is 921. The number of pyridine rings is 1. The van der Waals surface area contributed by atoms with Gasteiger partial charge in [-0.25, -0.2) is 23.5 Å². The highest BCUT2D eigenvalue weighted by Crippen LogP contribution is 2.28. The molecule has 2 aromatic heterocycles. The zero-order valence-corrected chi connectivity index (χ0v) is 12.4. The molecule has 0 aliphatic rings. The Morgan fingerprint density at radius 2 is 2.00 bits per heavy atom. The smallest absolute Gasteiger partial charge is 0.326 e. The molecule has 0 radical (unpaired) electrons. The number of rotatable bonds is 3. The SMILES string of the molecule is Cc1cnc2c(c1)nc(-c1ccc(F)c(F)c1)n2C(C)C(=O)O. The molecule has 1 unspecified atom stereocenters. The molecule has 1 atom stereocenters. The second-order valence-electron chi connectivity index (χ2n) is 5.30. The number of hydrogen-bond donors (Lipinski definition) is 1. The molecule has 3 rings (SSSR count). The molecule has 0 saturated heterocycles. The van der Waals surface area contributed by atoms with Crippen molar-refractivity contribution >= 4 is 17.1 Å². The lowest BCUT2D eigenvalue weighted by Crippen LogP contribution is -2.17. The molecule has 0 saturated carbocycles. The first-order chi connectivity index (χ1) is 10.9. The summed E-state index contributed by atoms with van der Waals surface area (Å²) in [6, 6.07) is 4.14. The van der Waals surface area contributed by atoms with E-state index in [9.17, 15) is 18.7 Å². The number of nitrogens with zero attached hydrogens (tertiary/aromatic N) is 3. The van der Waals surface area contributed by atoms with Gasteiger partial charge in [0.2, 0.25) is 0 Å². The summed E-state index contributed by atoms with van der Waals surface area (Å²) in [6.45, 7) is 3.32. The van der Waals surface area contributed by atoms with Crippen LogP contribution in [0.25, 0.3) is 22.6 Å². The van der Waals surface area contributed by atoms with Crippen molar-refractivity contribution in [1.29, 1.82) is 0 Å². The van der Waals surface area contributed by atoms with Crippen molar-refractivity contribution in [2.75, 3.05) is 0 Å². The largest absolute Gasteiger partial charge is 0.480 e. The molecule has 0 aliphatic heterocycles. The Balaban J connectivity index is 2.32. The minimum absolute atomic E-state index is 0.229. The predicted octanol–water partition coefficient (Wildman–Crippen LogP) is 3.33. The zero-order valence-electron chi connectivity index (χ0n) is 12.4. The molecule has 0 fully saturated rings. The molecule has 7 heteroatoms. The Morgan fingerprint density at radius 3 is 2.65 bits per heavy atom. The fourth-order valence-electron chi connectivity index (χ4n) is 2.40. The van der Waals surface area contributed by atoms with Gasteiger partial charge in [0.1, 0.15) is 17.4 Å². The number of carboxylic acids is 1. The fourth-order valence-corrected chi connectivity index (χ4v) is 2.40. The van der Waals surface area contributed by atoms with E-state index in [1.54, 1.807) is 12.3 Å². The molecule has 1 aromatic carbocycles. The Kier molecular flexibility index (Phi) is 3.55. The molecule has 2 heterocycles. The molecule has 0 aliphatic carbocycles. The van der Waals surface area contributed by atoms with Crippen molar-refractivity contribution in [3.05, 3.63) is 47.7 Å². The van der Waals surface area contributed by atoms with Gasteiger partial charge < -0.3 is 5.11 Å². The number of aromatic nitrogens is 3. The summed E-state index contributed by atoms with van der Waals surface area (Å²) >= 11 is 0. The van der Waals surface area contributed by atoms with E-state index >= 15 is 0 Å². The maximum Gasteiger partial charge on any atom is 0.326 e. The summed E-state index contributed by atoms with van der Waals surface area (Å²) in [4.78, 5) is 20.0. The minimum Gasteiger partial charge on any atom is -0.480 e. The van der Waals surface area contributed by atoms with Crippen LogP contribution in [0.4, 0.5) is 8.78 Å². The number of aryl methyl sites for hydroxylation is 1. The van der Waals surface area contributed by atoms with Gasteiger partial charge in [-0.3, -0.25) is 4.57 Å². The molecule has 0 spiro atoms. The monoisotopic (exact) mass is 317 g/mol. The zero-order chi connectivity index (χ0) is 16.7. The summed E-state index contributed by atoms with van der Waals surface area (Å²) in [6.07, 6.45) is 1.60. The normalized spacial score (nSPS) is 12.5. The third kappa shape index (κ3) is 2.54. The van der Waals surface area contributed by atoms with Gasteiger partial charge in [-0.15, -0.1) is 0 Å². The predicted molar refractivity (Wildman–Crippen MR) is 80.0 cm³/mol. The number of benzene rings is 1. The van der Waals surface area contributed by atoms with Crippen LogP contribution in [0.1, 0.15) is 18.5 Å². The van der Waals surface area contributed by atoms with Gasteiger partial charge >= 0.3 is 5.97 Å². The first-order valence-electron chi connectivity index (χ1n) is 6.91. The Morgan fingerprint density at radius 1 is 1.26 bits per heavy atom. The van der Waals surface area contributed by atoms with Gasteiger partial charge in [-0.1, -0.05) is 0 Å². The lowest BCUT2D eigenvalue weighted by molar-refractivity contribution is -0.140. The van der Waals surface area contributed by atoms with E-state index in [0.717, 1.165) is 17.7 Å². The maximum absolute atomic E-state index is 13.5. The van der Waals surface area contributed by atoms with Crippen LogP contribution in [0.3, 0.4) is 0 Å². The first-order valence-corrected chi connectivity index (χ1v) is 6.91. The highest BCUT2D eigenvalue weighted by Gasteiger charge is 2.23. The summed E-state index contributed by atoms with van der Waals surface area (Å²) in [7, 11) is 0. The fraction of sp³-hybridized carbons (Fsp3) is 0.188. The Hall–Kier alpha value is -2.83. The van der Waals surface area contributed by atoms with Crippen LogP contribution < -0.4 is 0 Å². The Labute approximate surface area is 130 Å². The van der Waals surface area contributed by atoms with Crippen molar-refractivity contribution in [3.63, 3.8) is 0 Å². The summed E-state index contributed by atoms with van der Waals surface area (Å²) in [5.41, 5.74) is 2.03. The molecular weight excluding hydrogens is 304 g/mol. The number of halogens is 2. The quantitative estimate of drug-likeness (QED) is 0.804. The van der Waals surface area contributed by atoms with Crippen molar-refractivity contribution < 1.29 is 18.7 Å². The number of hydrogen-bond acceptors (Lipinski definition) is 3. The second kappa shape index (κ2) is 5.42. The van der Waals surface area contributed by atoms with E-state index in [4.69, 9.17) is 0 Å². The van der Waals surface area contributed by atoms with E-state index in [-0.39, 0.29) is 11.4 Å². The van der Waals surface area contributed by atoms with Gasteiger partial charge in [0.05, 0.1) is 0 Å². The average molecular weight is 317 g/mol. The standard InChI is InChI=1S/C16H13F2N3O2/c1-8-5-13-15(19-7-8)21(9(2)16(22)23)14(20-13)10-3-4-11(17)12(18)6-10/h3-7,9H,1-2H3,(H,22,23). The second-order valence-corrected chi connectivity index (χ2v) is 5.30. The van der Waals surface area contributed by atoms with Crippen molar-refractivity contribution in [2.24, 2.45) is 0 Å². The third-order valence-corrected chi connectivity index (χ3v) is 3.59. The van der Waals surface area contributed by atoms with E-state index in [1.165, 1.54) is 17.6 Å². The topological polar surface area (TPSA) is 68.0 Å². The average Bonchev–Trinajstić information content (AvgIpc) is 2.87. The molecule has 0 bridgehead atoms. The summed E-state index contributed by atoms with van der Waals surface area (Å²) in [5, 5.41) is 9.33. The van der Waals surface area contributed by atoms with E-state index < -0.39 is 23.6 Å². The van der Waals surface area contributed by atoms with Crippen LogP contribution in [0, 0.1) is 18.6 Å². The van der Waals surface area contributed by atoms with Crippen LogP contribution >= 0.6 is 0 Å². The minimum atomic E-state index is -1.07. The van der Waals surface area contributed by atoms with Gasteiger partial charge in [0.15, 0.2) is 17.3 Å². The molecule has 1 N–H and O–H groups in total. The number of carbonyl (C=O) groups is 1. The van der Waals surface area contributed by atoms with E-state index in [0.29, 0.717) is 11.2 Å². The third-order valence-electron chi connectivity index (χ3n) is 3.59. The summed E-state index contributed by atoms with van der Waals surface area (Å²) < 4.78 is 28.1. The van der Waals surface area contributed by atoms with Gasteiger partial charge in [0.25, 0.3) is 0 Å². The molecule has 5 nitrogen and oxygen atoms in total. The molecule has 23 heavy (non-hydrogen) atoms. The van der Waals surface area contributed by atoms with Crippen molar-refractivity contribution in [3.8, 4) is 11.4 Å². The molecular formula is C16H13F2N3O2. The lowest BCUT2D eigenvalue weighted by atomic mass is 10.2. The van der Waals surface area contributed by atoms with Crippen LogP contribution in [-0.4, -0.2) is 25.6 Å². The van der Waals surface area contributed by atoms with Crippen LogP contribution in [0.5, 0.6) is 0 Å². The number of imidazole rings is 1. The van der Waals surface area contributed by atoms with Gasteiger partial charge in [-0.2, -0.15) is 0 Å². The maximum atomic E-state index is 13.5. The van der Waals surface area contributed by atoms with Crippen LogP contribution in [-0.2, 0) is 4.79 Å².